The molecule has 1 aromatic rings. The van der Waals surface area contributed by atoms with Gasteiger partial charge in [0, 0.05) is 19.1 Å². The third kappa shape index (κ3) is 4.92. The average molecular weight is 274 g/mol. The molecule has 0 saturated heterocycles. The van der Waals surface area contributed by atoms with Gasteiger partial charge in [-0.1, -0.05) is 50.5 Å². The molecule has 0 bridgehead atoms. The van der Waals surface area contributed by atoms with Gasteiger partial charge in [-0.25, -0.2) is 0 Å². The van der Waals surface area contributed by atoms with Gasteiger partial charge in [0.2, 0.25) is 0 Å². The molecule has 1 fully saturated rings. The van der Waals surface area contributed by atoms with E-state index in [9.17, 15) is 0 Å². The topological polar surface area (TPSA) is 15.3 Å². The zero-order chi connectivity index (χ0) is 14.2. The van der Waals surface area contributed by atoms with Gasteiger partial charge in [0.15, 0.2) is 0 Å². The van der Waals surface area contributed by atoms with Crippen LogP contribution in [0.1, 0.15) is 56.6 Å². The fraction of sp³-hybridized carbons (Fsp3) is 0.667. The molecule has 1 saturated carbocycles. The van der Waals surface area contributed by atoms with Gasteiger partial charge < -0.3 is 5.32 Å². The third-order valence-corrected chi connectivity index (χ3v) is 4.41. The molecule has 0 atom stereocenters. The summed E-state index contributed by atoms with van der Waals surface area (Å²) in [7, 11) is 2.28. The lowest BCUT2D eigenvalue weighted by molar-refractivity contribution is 0.184. The number of nitrogens with one attached hydrogen (secondary N) is 1. The van der Waals surface area contributed by atoms with E-state index in [1.165, 1.54) is 49.7 Å². The van der Waals surface area contributed by atoms with Crippen LogP contribution in [0.2, 0.25) is 0 Å². The highest BCUT2D eigenvalue weighted by molar-refractivity contribution is 5.22. The molecule has 20 heavy (non-hydrogen) atoms. The average Bonchev–Trinajstić information content (AvgIpc) is 2.50. The summed E-state index contributed by atoms with van der Waals surface area (Å²) in [5, 5.41) is 3.45. The summed E-state index contributed by atoms with van der Waals surface area (Å²) in [5.74, 6) is 0. The van der Waals surface area contributed by atoms with Crippen molar-refractivity contribution in [3.05, 3.63) is 35.4 Å². The molecule has 2 rings (SSSR count). The minimum Gasteiger partial charge on any atom is -0.313 e. The molecular formula is C18H30N2. The van der Waals surface area contributed by atoms with E-state index in [1.807, 2.05) is 0 Å². The van der Waals surface area contributed by atoms with Gasteiger partial charge in [-0.15, -0.1) is 0 Å². The van der Waals surface area contributed by atoms with Crippen molar-refractivity contribution >= 4 is 0 Å². The Balaban J connectivity index is 1.80. The van der Waals surface area contributed by atoms with Gasteiger partial charge in [-0.2, -0.15) is 0 Å². The van der Waals surface area contributed by atoms with E-state index in [1.54, 1.807) is 0 Å². The molecular weight excluding hydrogens is 244 g/mol. The molecule has 0 radical (unpaired) electrons. The van der Waals surface area contributed by atoms with Crippen LogP contribution in [-0.4, -0.2) is 24.5 Å². The standard InChI is InChI=1S/C18H30N2/c1-3-13-19-14-16-9-11-17(12-10-16)15-20(2)18-7-5-4-6-8-18/h9-12,18-19H,3-8,13-15H2,1-2H3. The summed E-state index contributed by atoms with van der Waals surface area (Å²) < 4.78 is 0. The van der Waals surface area contributed by atoms with Crippen molar-refractivity contribution < 1.29 is 0 Å². The summed E-state index contributed by atoms with van der Waals surface area (Å²) in [4.78, 5) is 2.55. The van der Waals surface area contributed by atoms with Crippen molar-refractivity contribution in [2.45, 2.75) is 64.6 Å². The molecule has 2 nitrogen and oxygen atoms in total. The minimum atomic E-state index is 0.801. The van der Waals surface area contributed by atoms with Gasteiger partial charge in [-0.05, 0) is 44.0 Å². The monoisotopic (exact) mass is 274 g/mol. The predicted octanol–water partition coefficient (Wildman–Crippen LogP) is 3.95. The number of rotatable bonds is 7. The molecule has 0 heterocycles. The van der Waals surface area contributed by atoms with E-state index in [0.29, 0.717) is 0 Å². The smallest absolute Gasteiger partial charge is 0.0233 e. The SMILES string of the molecule is CCCNCc1ccc(CN(C)C2CCCCC2)cc1. The van der Waals surface area contributed by atoms with Crippen molar-refractivity contribution in [3.8, 4) is 0 Å². The van der Waals surface area contributed by atoms with Crippen LogP contribution in [0.3, 0.4) is 0 Å². The zero-order valence-electron chi connectivity index (χ0n) is 13.2. The van der Waals surface area contributed by atoms with Crippen LogP contribution in [-0.2, 0) is 13.1 Å². The van der Waals surface area contributed by atoms with Gasteiger partial charge in [-0.3, -0.25) is 4.90 Å². The summed E-state index contributed by atoms with van der Waals surface area (Å²) in [6, 6.07) is 9.93. The number of benzene rings is 1. The van der Waals surface area contributed by atoms with E-state index >= 15 is 0 Å². The first-order valence-corrected chi connectivity index (χ1v) is 8.28. The molecule has 0 aromatic heterocycles. The maximum Gasteiger partial charge on any atom is 0.0233 e. The second kappa shape index (κ2) is 8.43. The predicted molar refractivity (Wildman–Crippen MR) is 86.8 cm³/mol. The van der Waals surface area contributed by atoms with Crippen LogP contribution in [0.15, 0.2) is 24.3 Å². The molecule has 1 aliphatic rings. The van der Waals surface area contributed by atoms with Crippen LogP contribution in [0.25, 0.3) is 0 Å². The normalized spacial score (nSPS) is 16.8. The molecule has 1 aromatic carbocycles. The summed E-state index contributed by atoms with van der Waals surface area (Å²) in [6.45, 7) is 5.39. The van der Waals surface area contributed by atoms with E-state index in [2.05, 4.69) is 48.5 Å². The van der Waals surface area contributed by atoms with Gasteiger partial charge in [0.1, 0.15) is 0 Å². The molecule has 1 aliphatic carbocycles. The number of hydrogen-bond donors (Lipinski definition) is 1. The molecule has 0 amide bonds. The molecule has 0 aliphatic heterocycles. The van der Waals surface area contributed by atoms with Crippen LogP contribution in [0.5, 0.6) is 0 Å². The van der Waals surface area contributed by atoms with E-state index < -0.39 is 0 Å². The molecule has 112 valence electrons. The lowest BCUT2D eigenvalue weighted by Crippen LogP contribution is -2.32. The Kier molecular flexibility index (Phi) is 6.55. The Hall–Kier alpha value is -0.860. The maximum absolute atomic E-state index is 3.45. The summed E-state index contributed by atoms with van der Waals surface area (Å²) >= 11 is 0. The quantitative estimate of drug-likeness (QED) is 0.757. The maximum atomic E-state index is 3.45. The van der Waals surface area contributed by atoms with Gasteiger partial charge >= 0.3 is 0 Å². The van der Waals surface area contributed by atoms with Crippen molar-refractivity contribution in [1.29, 1.82) is 0 Å². The highest BCUT2D eigenvalue weighted by Crippen LogP contribution is 2.22. The molecule has 0 spiro atoms. The highest BCUT2D eigenvalue weighted by atomic mass is 15.1. The van der Waals surface area contributed by atoms with Crippen molar-refractivity contribution in [1.82, 2.24) is 10.2 Å². The zero-order valence-corrected chi connectivity index (χ0v) is 13.2. The van der Waals surface area contributed by atoms with Gasteiger partial charge in [0.05, 0.1) is 0 Å². The Labute approximate surface area is 124 Å². The van der Waals surface area contributed by atoms with Crippen LogP contribution < -0.4 is 5.32 Å². The van der Waals surface area contributed by atoms with Crippen molar-refractivity contribution in [3.63, 3.8) is 0 Å². The first-order valence-electron chi connectivity index (χ1n) is 8.28. The summed E-state index contributed by atoms with van der Waals surface area (Å²) in [5.41, 5.74) is 2.83. The minimum absolute atomic E-state index is 0.801. The Bertz CT molecular complexity index is 366. The van der Waals surface area contributed by atoms with Gasteiger partial charge in [0.25, 0.3) is 0 Å². The Morgan fingerprint density at radius 2 is 1.70 bits per heavy atom. The first-order chi connectivity index (χ1) is 9.79. The fourth-order valence-corrected chi connectivity index (χ4v) is 3.11. The fourth-order valence-electron chi connectivity index (χ4n) is 3.11. The molecule has 0 unspecified atom stereocenters. The van der Waals surface area contributed by atoms with Crippen LogP contribution in [0.4, 0.5) is 0 Å². The number of hydrogen-bond acceptors (Lipinski definition) is 2. The molecule has 2 heteroatoms. The van der Waals surface area contributed by atoms with Crippen LogP contribution >= 0.6 is 0 Å². The first kappa shape index (κ1) is 15.5. The van der Waals surface area contributed by atoms with Crippen molar-refractivity contribution in [2.24, 2.45) is 0 Å². The van der Waals surface area contributed by atoms with E-state index in [-0.39, 0.29) is 0 Å². The van der Waals surface area contributed by atoms with E-state index in [4.69, 9.17) is 0 Å². The Morgan fingerprint density at radius 3 is 2.35 bits per heavy atom. The second-order valence-corrected chi connectivity index (χ2v) is 6.20. The lowest BCUT2D eigenvalue weighted by Gasteiger charge is -2.31. The highest BCUT2D eigenvalue weighted by Gasteiger charge is 2.17. The van der Waals surface area contributed by atoms with Crippen LogP contribution in [0, 0.1) is 0 Å². The van der Waals surface area contributed by atoms with Crippen molar-refractivity contribution in [2.75, 3.05) is 13.6 Å². The third-order valence-electron chi connectivity index (χ3n) is 4.41. The number of nitrogens with zero attached hydrogens (tertiary/aromatic N) is 1. The second-order valence-electron chi connectivity index (χ2n) is 6.20. The Morgan fingerprint density at radius 1 is 1.05 bits per heavy atom. The largest absolute Gasteiger partial charge is 0.313 e. The van der Waals surface area contributed by atoms with E-state index in [0.717, 1.165) is 25.7 Å². The lowest BCUT2D eigenvalue weighted by atomic mass is 9.94. The molecule has 1 N–H and O–H groups in total. The summed E-state index contributed by atoms with van der Waals surface area (Å²) in [6.07, 6.45) is 8.23.